The van der Waals surface area contributed by atoms with Crippen molar-refractivity contribution in [2.45, 2.75) is 26.3 Å². The van der Waals surface area contributed by atoms with Gasteiger partial charge in [0.15, 0.2) is 5.13 Å². The minimum atomic E-state index is -0.201. The van der Waals surface area contributed by atoms with Crippen LogP contribution < -0.4 is 5.32 Å². The van der Waals surface area contributed by atoms with E-state index in [1.807, 2.05) is 17.5 Å². The van der Waals surface area contributed by atoms with E-state index in [2.05, 4.69) is 34.1 Å². The number of carbonyl (C=O) groups excluding carboxylic acids is 1. The Hall–Kier alpha value is -1.88. The summed E-state index contributed by atoms with van der Waals surface area (Å²) in [7, 11) is 1.40. The van der Waals surface area contributed by atoms with E-state index in [1.54, 1.807) is 11.3 Å². The highest BCUT2D eigenvalue weighted by Gasteiger charge is 2.06. The Balaban J connectivity index is 1.87. The van der Waals surface area contributed by atoms with Gasteiger partial charge in [-0.05, 0) is 18.1 Å². The van der Waals surface area contributed by atoms with E-state index in [9.17, 15) is 4.79 Å². The van der Waals surface area contributed by atoms with E-state index >= 15 is 0 Å². The molecular formula is C15H18N2O2S. The SMILES string of the molecule is COC(=O)CCc1csc(NCc2ccccc2C)n1. The molecule has 0 aliphatic carbocycles. The maximum Gasteiger partial charge on any atom is 0.305 e. The highest BCUT2D eigenvalue weighted by Crippen LogP contribution is 2.18. The van der Waals surface area contributed by atoms with Crippen molar-refractivity contribution in [1.29, 1.82) is 0 Å². The van der Waals surface area contributed by atoms with Gasteiger partial charge in [-0.2, -0.15) is 0 Å². The molecule has 5 heteroatoms. The number of methoxy groups -OCH3 is 1. The van der Waals surface area contributed by atoms with Crippen molar-refractivity contribution >= 4 is 22.4 Å². The van der Waals surface area contributed by atoms with Crippen molar-refractivity contribution in [3.8, 4) is 0 Å². The van der Waals surface area contributed by atoms with Crippen LogP contribution in [0.3, 0.4) is 0 Å². The van der Waals surface area contributed by atoms with Gasteiger partial charge in [-0.3, -0.25) is 4.79 Å². The largest absolute Gasteiger partial charge is 0.469 e. The molecule has 0 radical (unpaired) electrons. The number of anilines is 1. The third kappa shape index (κ3) is 4.06. The molecule has 1 N–H and O–H groups in total. The Morgan fingerprint density at radius 2 is 2.20 bits per heavy atom. The molecule has 1 aromatic heterocycles. The van der Waals surface area contributed by atoms with Crippen LogP contribution in [0.15, 0.2) is 29.6 Å². The predicted octanol–water partition coefficient (Wildman–Crippen LogP) is 3.17. The average Bonchev–Trinajstić information content (AvgIpc) is 2.92. The van der Waals surface area contributed by atoms with Crippen LogP contribution in [0, 0.1) is 6.92 Å². The summed E-state index contributed by atoms with van der Waals surface area (Å²) in [6, 6.07) is 8.27. The van der Waals surface area contributed by atoms with Crippen LogP contribution in [0.2, 0.25) is 0 Å². The van der Waals surface area contributed by atoms with Crippen molar-refractivity contribution in [3.05, 3.63) is 46.5 Å². The van der Waals surface area contributed by atoms with Crippen LogP contribution in [0.4, 0.5) is 5.13 Å². The van der Waals surface area contributed by atoms with Crippen molar-refractivity contribution in [1.82, 2.24) is 4.98 Å². The molecule has 0 amide bonds. The van der Waals surface area contributed by atoms with Crippen LogP contribution in [-0.2, 0) is 22.5 Å². The van der Waals surface area contributed by atoms with Crippen molar-refractivity contribution in [3.63, 3.8) is 0 Å². The van der Waals surface area contributed by atoms with Gasteiger partial charge in [0.2, 0.25) is 0 Å². The van der Waals surface area contributed by atoms with Gasteiger partial charge < -0.3 is 10.1 Å². The summed E-state index contributed by atoms with van der Waals surface area (Å²) in [4.78, 5) is 15.5. The molecule has 1 heterocycles. The van der Waals surface area contributed by atoms with Gasteiger partial charge in [0, 0.05) is 18.3 Å². The second-order valence-electron chi connectivity index (χ2n) is 4.50. The molecule has 0 aliphatic rings. The first-order valence-corrected chi connectivity index (χ1v) is 7.36. The van der Waals surface area contributed by atoms with E-state index in [-0.39, 0.29) is 5.97 Å². The van der Waals surface area contributed by atoms with Gasteiger partial charge >= 0.3 is 5.97 Å². The smallest absolute Gasteiger partial charge is 0.305 e. The van der Waals surface area contributed by atoms with Crippen LogP contribution in [-0.4, -0.2) is 18.1 Å². The number of nitrogens with one attached hydrogen (secondary N) is 1. The zero-order valence-corrected chi connectivity index (χ0v) is 12.5. The Morgan fingerprint density at radius 3 is 2.95 bits per heavy atom. The summed E-state index contributed by atoms with van der Waals surface area (Å²) >= 11 is 1.56. The molecule has 0 saturated heterocycles. The molecule has 0 fully saturated rings. The summed E-state index contributed by atoms with van der Waals surface area (Å²) in [6.45, 7) is 2.86. The molecule has 106 valence electrons. The van der Waals surface area contributed by atoms with Crippen LogP contribution in [0.5, 0.6) is 0 Å². The van der Waals surface area contributed by atoms with Crippen LogP contribution in [0.25, 0.3) is 0 Å². The van der Waals surface area contributed by atoms with E-state index in [4.69, 9.17) is 0 Å². The summed E-state index contributed by atoms with van der Waals surface area (Å²) < 4.78 is 4.62. The second kappa shape index (κ2) is 7.05. The first-order valence-electron chi connectivity index (χ1n) is 6.48. The minimum Gasteiger partial charge on any atom is -0.469 e. The number of ether oxygens (including phenoxy) is 1. The third-order valence-electron chi connectivity index (χ3n) is 3.06. The summed E-state index contributed by atoms with van der Waals surface area (Å²) in [5, 5.41) is 6.17. The molecule has 2 rings (SSSR count). The number of esters is 1. The van der Waals surface area contributed by atoms with Crippen LogP contribution in [0.1, 0.15) is 23.2 Å². The fraction of sp³-hybridized carbons (Fsp3) is 0.333. The number of thiazole rings is 1. The van der Waals surface area contributed by atoms with E-state index in [0.717, 1.165) is 17.4 Å². The Labute approximate surface area is 122 Å². The highest BCUT2D eigenvalue weighted by atomic mass is 32.1. The maximum absolute atomic E-state index is 11.1. The van der Waals surface area contributed by atoms with E-state index in [0.29, 0.717) is 12.8 Å². The zero-order chi connectivity index (χ0) is 14.4. The molecule has 0 aliphatic heterocycles. The van der Waals surface area contributed by atoms with Crippen molar-refractivity contribution < 1.29 is 9.53 Å². The lowest BCUT2D eigenvalue weighted by Crippen LogP contribution is -2.03. The highest BCUT2D eigenvalue weighted by molar-refractivity contribution is 7.13. The zero-order valence-electron chi connectivity index (χ0n) is 11.7. The van der Waals surface area contributed by atoms with E-state index < -0.39 is 0 Å². The maximum atomic E-state index is 11.1. The lowest BCUT2D eigenvalue weighted by Gasteiger charge is -2.05. The average molecular weight is 290 g/mol. The van der Waals surface area contributed by atoms with Gasteiger partial charge in [-0.1, -0.05) is 24.3 Å². The fourth-order valence-corrected chi connectivity index (χ4v) is 2.56. The topological polar surface area (TPSA) is 51.2 Å². The first kappa shape index (κ1) is 14.5. The lowest BCUT2D eigenvalue weighted by atomic mass is 10.1. The fourth-order valence-electron chi connectivity index (χ4n) is 1.81. The molecule has 4 nitrogen and oxygen atoms in total. The number of benzene rings is 1. The number of nitrogens with zero attached hydrogens (tertiary/aromatic N) is 1. The number of rotatable bonds is 6. The van der Waals surface area contributed by atoms with Gasteiger partial charge in [0.1, 0.15) is 0 Å². The van der Waals surface area contributed by atoms with Crippen molar-refractivity contribution in [2.75, 3.05) is 12.4 Å². The summed E-state index contributed by atoms with van der Waals surface area (Å²) in [5.41, 5.74) is 3.45. The molecule has 0 bridgehead atoms. The molecule has 0 saturated carbocycles. The molecule has 20 heavy (non-hydrogen) atoms. The molecule has 2 aromatic rings. The lowest BCUT2D eigenvalue weighted by molar-refractivity contribution is -0.140. The quantitative estimate of drug-likeness (QED) is 0.830. The van der Waals surface area contributed by atoms with Gasteiger partial charge in [0.25, 0.3) is 0 Å². The molecular weight excluding hydrogens is 272 g/mol. The van der Waals surface area contributed by atoms with Crippen LogP contribution >= 0.6 is 11.3 Å². The van der Waals surface area contributed by atoms with E-state index in [1.165, 1.54) is 18.2 Å². The number of carbonyl (C=O) groups is 1. The normalized spacial score (nSPS) is 10.3. The number of aryl methyl sites for hydroxylation is 2. The van der Waals surface area contributed by atoms with Gasteiger partial charge in [-0.15, -0.1) is 11.3 Å². The summed E-state index contributed by atoms with van der Waals surface area (Å²) in [5.74, 6) is -0.201. The van der Waals surface area contributed by atoms with Gasteiger partial charge in [-0.25, -0.2) is 4.98 Å². The molecule has 1 aromatic carbocycles. The standard InChI is InChI=1S/C15H18N2O2S/c1-11-5-3-4-6-12(11)9-16-15-17-13(10-20-15)7-8-14(18)19-2/h3-6,10H,7-9H2,1-2H3,(H,16,17). The Kier molecular flexibility index (Phi) is 5.12. The summed E-state index contributed by atoms with van der Waals surface area (Å²) in [6.07, 6.45) is 0.993. The molecule has 0 unspecified atom stereocenters. The van der Waals surface area contributed by atoms with Crippen molar-refractivity contribution in [2.24, 2.45) is 0 Å². The predicted molar refractivity (Wildman–Crippen MR) is 81.0 cm³/mol. The number of aromatic nitrogens is 1. The molecule has 0 atom stereocenters. The molecule has 0 spiro atoms. The number of hydrogen-bond acceptors (Lipinski definition) is 5. The first-order chi connectivity index (χ1) is 9.69. The Morgan fingerprint density at radius 1 is 1.40 bits per heavy atom. The Bertz CT molecular complexity index is 581. The van der Waals surface area contributed by atoms with Gasteiger partial charge in [0.05, 0.1) is 19.2 Å². The monoisotopic (exact) mass is 290 g/mol. The minimum absolute atomic E-state index is 0.201. The third-order valence-corrected chi connectivity index (χ3v) is 3.90. The number of hydrogen-bond donors (Lipinski definition) is 1. The second-order valence-corrected chi connectivity index (χ2v) is 5.36.